The van der Waals surface area contributed by atoms with Crippen LogP contribution < -0.4 is 10.1 Å². The van der Waals surface area contributed by atoms with Crippen molar-refractivity contribution in [3.8, 4) is 5.75 Å². The number of ether oxygens (including phenoxy) is 2. The number of carbonyl (C=O) groups excluding carboxylic acids is 2. The molecule has 0 saturated carbocycles. The minimum absolute atomic E-state index is 0.308. The molecule has 0 radical (unpaired) electrons. The zero-order valence-corrected chi connectivity index (χ0v) is 15.7. The lowest BCUT2D eigenvalue weighted by molar-refractivity contribution is -0.153. The van der Waals surface area contributed by atoms with E-state index in [0.29, 0.717) is 23.4 Å². The highest BCUT2D eigenvalue weighted by Gasteiger charge is 2.20. The van der Waals surface area contributed by atoms with Crippen LogP contribution in [0.3, 0.4) is 0 Å². The number of nitrogens with one attached hydrogen (secondary N) is 1. The van der Waals surface area contributed by atoms with Crippen LogP contribution in [-0.2, 0) is 14.3 Å². The normalized spacial score (nSPS) is 12.1. The molecule has 6 nitrogen and oxygen atoms in total. The number of rotatable bonds is 7. The SMILES string of the molecule is CCCCC(=O)OC(C)C(=O)Nc1cc2oc3ccccc3c2cc1OC. The number of fused-ring (bicyclic) bond motifs is 3. The molecule has 27 heavy (non-hydrogen) atoms. The summed E-state index contributed by atoms with van der Waals surface area (Å²) in [5, 5.41) is 4.63. The third-order valence-electron chi connectivity index (χ3n) is 4.37. The predicted molar refractivity (Wildman–Crippen MR) is 104 cm³/mol. The first kappa shape index (κ1) is 18.8. The number of para-hydroxylation sites is 1. The maximum atomic E-state index is 12.4. The molecule has 6 heteroatoms. The highest BCUT2D eigenvalue weighted by Crippen LogP contribution is 2.36. The molecule has 0 aliphatic rings. The van der Waals surface area contributed by atoms with Crippen LogP contribution in [0.25, 0.3) is 21.9 Å². The zero-order chi connectivity index (χ0) is 19.4. The quantitative estimate of drug-likeness (QED) is 0.613. The average molecular weight is 369 g/mol. The molecule has 0 aliphatic heterocycles. The molecule has 1 heterocycles. The molecule has 0 fully saturated rings. The number of amides is 1. The van der Waals surface area contributed by atoms with Gasteiger partial charge in [0.25, 0.3) is 5.91 Å². The summed E-state index contributed by atoms with van der Waals surface area (Å²) < 4.78 is 16.5. The van der Waals surface area contributed by atoms with Gasteiger partial charge in [-0.05, 0) is 25.5 Å². The van der Waals surface area contributed by atoms with Crippen molar-refractivity contribution in [2.24, 2.45) is 0 Å². The number of esters is 1. The number of unbranched alkanes of at least 4 members (excludes halogenated alkanes) is 1. The average Bonchev–Trinajstić information content (AvgIpc) is 3.02. The number of anilines is 1. The van der Waals surface area contributed by atoms with Crippen LogP contribution in [0.1, 0.15) is 33.1 Å². The summed E-state index contributed by atoms with van der Waals surface area (Å²) in [5.74, 6) is -0.292. The Morgan fingerprint density at radius 3 is 2.67 bits per heavy atom. The predicted octanol–water partition coefficient (Wildman–Crippen LogP) is 4.66. The molecule has 1 atom stereocenters. The summed E-state index contributed by atoms with van der Waals surface area (Å²) in [6.07, 6.45) is 1.04. The smallest absolute Gasteiger partial charge is 0.306 e. The third-order valence-corrected chi connectivity index (χ3v) is 4.37. The highest BCUT2D eigenvalue weighted by molar-refractivity contribution is 6.08. The van der Waals surface area contributed by atoms with E-state index in [1.165, 1.54) is 7.11 Å². The molecular formula is C21H23NO5. The number of benzene rings is 2. The molecule has 0 spiro atoms. The van der Waals surface area contributed by atoms with Crippen molar-refractivity contribution in [1.29, 1.82) is 0 Å². The Balaban J connectivity index is 1.82. The number of carbonyl (C=O) groups is 2. The van der Waals surface area contributed by atoms with Crippen molar-refractivity contribution >= 4 is 39.5 Å². The maximum absolute atomic E-state index is 12.4. The molecule has 3 rings (SSSR count). The third kappa shape index (κ3) is 4.05. The van der Waals surface area contributed by atoms with Gasteiger partial charge in [-0.1, -0.05) is 31.5 Å². The lowest BCUT2D eigenvalue weighted by Gasteiger charge is -2.15. The number of methoxy groups -OCH3 is 1. The molecule has 0 aliphatic carbocycles. The van der Waals surface area contributed by atoms with Gasteiger partial charge in [0.05, 0.1) is 12.8 Å². The number of hydrogen-bond donors (Lipinski definition) is 1. The van der Waals surface area contributed by atoms with E-state index in [-0.39, 0.29) is 5.97 Å². The summed E-state index contributed by atoms with van der Waals surface area (Å²) in [5.41, 5.74) is 1.86. The second-order valence-electron chi connectivity index (χ2n) is 6.37. The van der Waals surface area contributed by atoms with Gasteiger partial charge in [-0.15, -0.1) is 0 Å². The summed E-state index contributed by atoms with van der Waals surface area (Å²) in [4.78, 5) is 24.1. The van der Waals surface area contributed by atoms with E-state index in [9.17, 15) is 9.59 Å². The number of furan rings is 1. The number of hydrogen-bond acceptors (Lipinski definition) is 5. The fourth-order valence-electron chi connectivity index (χ4n) is 2.88. The molecule has 1 unspecified atom stereocenters. The Kier molecular flexibility index (Phi) is 5.64. The zero-order valence-electron chi connectivity index (χ0n) is 15.7. The van der Waals surface area contributed by atoms with Crippen LogP contribution in [0.4, 0.5) is 5.69 Å². The second kappa shape index (κ2) is 8.12. The Bertz CT molecular complexity index is 975. The summed E-state index contributed by atoms with van der Waals surface area (Å²) in [6.45, 7) is 3.54. The largest absolute Gasteiger partial charge is 0.495 e. The van der Waals surface area contributed by atoms with E-state index < -0.39 is 12.0 Å². The van der Waals surface area contributed by atoms with Gasteiger partial charge in [-0.3, -0.25) is 9.59 Å². The summed E-state index contributed by atoms with van der Waals surface area (Å²) in [6, 6.07) is 11.2. The molecule has 142 valence electrons. The van der Waals surface area contributed by atoms with Crippen molar-refractivity contribution in [3.63, 3.8) is 0 Å². The van der Waals surface area contributed by atoms with Crippen LogP contribution in [0.2, 0.25) is 0 Å². The highest BCUT2D eigenvalue weighted by atomic mass is 16.5. The Morgan fingerprint density at radius 2 is 1.93 bits per heavy atom. The standard InChI is InChI=1S/C21H23NO5/c1-4-5-10-20(23)26-13(2)21(24)22-16-12-18-15(11-19(16)25-3)14-8-6-7-9-17(14)27-18/h6-9,11-13H,4-5,10H2,1-3H3,(H,22,24). The minimum atomic E-state index is -0.898. The molecular weight excluding hydrogens is 346 g/mol. The summed E-state index contributed by atoms with van der Waals surface area (Å²) in [7, 11) is 1.54. The van der Waals surface area contributed by atoms with E-state index >= 15 is 0 Å². The molecule has 3 aromatic rings. The monoisotopic (exact) mass is 369 g/mol. The maximum Gasteiger partial charge on any atom is 0.306 e. The second-order valence-corrected chi connectivity index (χ2v) is 6.37. The van der Waals surface area contributed by atoms with Gasteiger partial charge in [0.15, 0.2) is 6.10 Å². The first-order valence-electron chi connectivity index (χ1n) is 9.03. The lowest BCUT2D eigenvalue weighted by atomic mass is 10.1. The van der Waals surface area contributed by atoms with E-state index in [2.05, 4.69) is 5.32 Å². The van der Waals surface area contributed by atoms with Gasteiger partial charge in [-0.2, -0.15) is 0 Å². The first-order chi connectivity index (χ1) is 13.0. The topological polar surface area (TPSA) is 77.8 Å². The Labute approximate surface area is 157 Å². The van der Waals surface area contributed by atoms with Crippen LogP contribution in [0.15, 0.2) is 40.8 Å². The fraction of sp³-hybridized carbons (Fsp3) is 0.333. The fourth-order valence-corrected chi connectivity index (χ4v) is 2.88. The lowest BCUT2D eigenvalue weighted by Crippen LogP contribution is -2.30. The van der Waals surface area contributed by atoms with Gasteiger partial charge in [0.2, 0.25) is 0 Å². The van der Waals surface area contributed by atoms with Crippen LogP contribution in [0, 0.1) is 0 Å². The first-order valence-corrected chi connectivity index (χ1v) is 9.03. The Hall–Kier alpha value is -3.02. The van der Waals surface area contributed by atoms with Crippen molar-refractivity contribution in [3.05, 3.63) is 36.4 Å². The van der Waals surface area contributed by atoms with Crippen molar-refractivity contribution < 1.29 is 23.5 Å². The van der Waals surface area contributed by atoms with Gasteiger partial charge >= 0.3 is 5.97 Å². The van der Waals surface area contributed by atoms with Gasteiger partial charge in [0.1, 0.15) is 16.9 Å². The minimum Gasteiger partial charge on any atom is -0.495 e. The molecule has 0 bridgehead atoms. The van der Waals surface area contributed by atoms with Crippen molar-refractivity contribution in [2.45, 2.75) is 39.2 Å². The molecule has 1 aromatic heterocycles. The van der Waals surface area contributed by atoms with Gasteiger partial charge in [-0.25, -0.2) is 0 Å². The van der Waals surface area contributed by atoms with Crippen LogP contribution in [-0.4, -0.2) is 25.1 Å². The van der Waals surface area contributed by atoms with Gasteiger partial charge < -0.3 is 19.2 Å². The van der Waals surface area contributed by atoms with E-state index in [1.54, 1.807) is 13.0 Å². The van der Waals surface area contributed by atoms with Crippen molar-refractivity contribution in [1.82, 2.24) is 0 Å². The molecule has 1 N–H and O–H groups in total. The van der Waals surface area contributed by atoms with Crippen molar-refractivity contribution in [2.75, 3.05) is 12.4 Å². The molecule has 1 amide bonds. The van der Waals surface area contributed by atoms with E-state index in [4.69, 9.17) is 13.9 Å². The molecule has 2 aromatic carbocycles. The summed E-state index contributed by atoms with van der Waals surface area (Å²) >= 11 is 0. The van der Waals surface area contributed by atoms with E-state index in [0.717, 1.165) is 29.2 Å². The van der Waals surface area contributed by atoms with Gasteiger partial charge in [0, 0.05) is 23.3 Å². The van der Waals surface area contributed by atoms with E-state index in [1.807, 2.05) is 37.3 Å². The Morgan fingerprint density at radius 1 is 1.15 bits per heavy atom. The van der Waals surface area contributed by atoms with Crippen LogP contribution >= 0.6 is 0 Å². The molecule has 0 saturated heterocycles. The van der Waals surface area contributed by atoms with Crippen LogP contribution in [0.5, 0.6) is 5.75 Å².